The van der Waals surface area contributed by atoms with Crippen LogP contribution in [0.4, 0.5) is 4.39 Å². The van der Waals surface area contributed by atoms with Crippen LogP contribution < -0.4 is 10.6 Å². The van der Waals surface area contributed by atoms with E-state index in [0.717, 1.165) is 23.6 Å². The topological polar surface area (TPSA) is 70.6 Å². The summed E-state index contributed by atoms with van der Waals surface area (Å²) in [6, 6.07) is 6.44. The van der Waals surface area contributed by atoms with E-state index in [4.69, 9.17) is 0 Å². The predicted octanol–water partition coefficient (Wildman–Crippen LogP) is 2.53. The fourth-order valence-electron chi connectivity index (χ4n) is 1.69. The van der Waals surface area contributed by atoms with Gasteiger partial charge in [0.05, 0.1) is 5.75 Å². The van der Waals surface area contributed by atoms with Gasteiger partial charge in [0.2, 0.25) is 0 Å². The number of hydrogen-bond acceptors (Lipinski definition) is 4. The molecule has 0 aliphatic carbocycles. The lowest BCUT2D eigenvalue weighted by molar-refractivity contribution is 0.595. The van der Waals surface area contributed by atoms with Gasteiger partial charge in [-0.05, 0) is 36.4 Å². The van der Waals surface area contributed by atoms with Gasteiger partial charge in [-0.1, -0.05) is 6.92 Å². The van der Waals surface area contributed by atoms with E-state index in [9.17, 15) is 12.8 Å². The third-order valence-electron chi connectivity index (χ3n) is 3.06. The molecule has 0 spiro atoms. The Bertz CT molecular complexity index is 595. The molecule has 0 atom stereocenters. The van der Waals surface area contributed by atoms with E-state index in [1.54, 1.807) is 37.9 Å². The number of hydrogen-bond donors (Lipinski definition) is 2. The van der Waals surface area contributed by atoms with Crippen LogP contribution in [0.2, 0.25) is 0 Å². The van der Waals surface area contributed by atoms with E-state index in [1.165, 1.54) is 12.1 Å². The third-order valence-corrected chi connectivity index (χ3v) is 5.87. The smallest absolute Gasteiger partial charge is 0.191 e. The van der Waals surface area contributed by atoms with Gasteiger partial charge in [-0.2, -0.15) is 0 Å². The lowest BCUT2D eigenvalue weighted by Crippen LogP contribution is -2.40. The van der Waals surface area contributed by atoms with Gasteiger partial charge in [0.15, 0.2) is 15.8 Å². The average molecular weight is 489 g/mol. The highest BCUT2D eigenvalue weighted by Gasteiger charge is 2.07. The monoisotopic (exact) mass is 489 g/mol. The molecule has 1 aromatic carbocycles. The molecule has 0 aliphatic heterocycles. The predicted molar refractivity (Wildman–Crippen MR) is 111 cm³/mol. The molecule has 0 unspecified atom stereocenters. The molecular formula is C15H25FIN3O2S2. The van der Waals surface area contributed by atoms with Crippen LogP contribution in [0.15, 0.2) is 34.2 Å². The molecule has 5 nitrogen and oxygen atoms in total. The summed E-state index contributed by atoms with van der Waals surface area (Å²) in [6.07, 6.45) is 0.913. The van der Waals surface area contributed by atoms with Gasteiger partial charge >= 0.3 is 0 Å². The number of nitrogens with one attached hydrogen (secondary N) is 2. The minimum atomic E-state index is -2.96. The fraction of sp³-hybridized carbons (Fsp3) is 0.533. The SMILES string of the molecule is CCS(=O)(=O)CCNC(=NC)NCCCSc1ccc(F)cc1.I. The zero-order valence-electron chi connectivity index (χ0n) is 13.9. The van der Waals surface area contributed by atoms with Crippen molar-refractivity contribution in [1.82, 2.24) is 10.6 Å². The van der Waals surface area contributed by atoms with E-state index in [0.29, 0.717) is 12.5 Å². The number of thioether (sulfide) groups is 1. The van der Waals surface area contributed by atoms with Crippen molar-refractivity contribution < 1.29 is 12.8 Å². The van der Waals surface area contributed by atoms with Crippen molar-refractivity contribution >= 4 is 51.5 Å². The molecule has 0 saturated heterocycles. The Hall–Kier alpha value is -0.550. The summed E-state index contributed by atoms with van der Waals surface area (Å²) in [5, 5.41) is 6.13. The van der Waals surface area contributed by atoms with Crippen LogP contribution >= 0.6 is 35.7 Å². The van der Waals surface area contributed by atoms with Crippen molar-refractivity contribution in [2.24, 2.45) is 4.99 Å². The summed E-state index contributed by atoms with van der Waals surface area (Å²) in [7, 11) is -1.31. The molecule has 24 heavy (non-hydrogen) atoms. The maximum absolute atomic E-state index is 12.8. The molecule has 0 bridgehead atoms. The number of halogens is 2. The number of benzene rings is 1. The molecule has 0 heterocycles. The number of sulfone groups is 1. The van der Waals surface area contributed by atoms with E-state index < -0.39 is 9.84 Å². The number of aliphatic imine (C=N–C) groups is 1. The molecule has 0 radical (unpaired) electrons. The highest BCUT2D eigenvalue weighted by molar-refractivity contribution is 14.0. The van der Waals surface area contributed by atoms with Gasteiger partial charge in [-0.3, -0.25) is 4.99 Å². The highest BCUT2D eigenvalue weighted by atomic mass is 127. The van der Waals surface area contributed by atoms with Crippen LogP contribution in [0.1, 0.15) is 13.3 Å². The van der Waals surface area contributed by atoms with Crippen LogP contribution in [0.3, 0.4) is 0 Å². The maximum atomic E-state index is 12.8. The van der Waals surface area contributed by atoms with Gasteiger partial charge in [-0.15, -0.1) is 35.7 Å². The molecule has 0 aromatic heterocycles. The maximum Gasteiger partial charge on any atom is 0.191 e. The van der Waals surface area contributed by atoms with Gasteiger partial charge in [0.1, 0.15) is 5.82 Å². The summed E-state index contributed by atoms with van der Waals surface area (Å²) >= 11 is 1.67. The van der Waals surface area contributed by atoms with Crippen molar-refractivity contribution in [2.75, 3.05) is 37.4 Å². The average Bonchev–Trinajstić information content (AvgIpc) is 2.54. The van der Waals surface area contributed by atoms with Crippen LogP contribution in [-0.4, -0.2) is 51.8 Å². The van der Waals surface area contributed by atoms with Gasteiger partial charge in [-0.25, -0.2) is 12.8 Å². The highest BCUT2D eigenvalue weighted by Crippen LogP contribution is 2.18. The first kappa shape index (κ1) is 23.4. The minimum absolute atomic E-state index is 0. The number of nitrogens with zero attached hydrogens (tertiary/aromatic N) is 1. The third kappa shape index (κ3) is 10.3. The Balaban J connectivity index is 0.00000529. The fourth-order valence-corrected chi connectivity index (χ4v) is 3.24. The molecule has 2 N–H and O–H groups in total. The van der Waals surface area contributed by atoms with E-state index in [1.807, 2.05) is 0 Å². The zero-order chi connectivity index (χ0) is 17.1. The normalized spacial score (nSPS) is 11.7. The van der Waals surface area contributed by atoms with E-state index in [2.05, 4.69) is 15.6 Å². The summed E-state index contributed by atoms with van der Waals surface area (Å²) < 4.78 is 35.6. The van der Waals surface area contributed by atoms with Crippen molar-refractivity contribution in [3.63, 3.8) is 0 Å². The Kier molecular flexibility index (Phi) is 12.5. The molecule has 0 amide bonds. The molecule has 1 aromatic rings. The summed E-state index contributed by atoms with van der Waals surface area (Å²) in [6.45, 7) is 2.72. The summed E-state index contributed by atoms with van der Waals surface area (Å²) in [5.41, 5.74) is 0. The summed E-state index contributed by atoms with van der Waals surface area (Å²) in [4.78, 5) is 5.09. The first-order valence-corrected chi connectivity index (χ1v) is 10.3. The van der Waals surface area contributed by atoms with E-state index >= 15 is 0 Å². The van der Waals surface area contributed by atoms with Crippen molar-refractivity contribution in [2.45, 2.75) is 18.2 Å². The standard InChI is InChI=1S/C15H24FN3O2S2.HI/c1-3-23(20,21)12-10-19-15(17-2)18-9-4-11-22-14-7-5-13(16)6-8-14;/h5-8H,3-4,9-12H2,1-2H3,(H2,17,18,19);1H. The Morgan fingerprint density at radius 1 is 1.21 bits per heavy atom. The quantitative estimate of drug-likeness (QED) is 0.184. The molecule has 9 heteroatoms. The Morgan fingerprint density at radius 2 is 1.83 bits per heavy atom. The molecule has 0 fully saturated rings. The van der Waals surface area contributed by atoms with Crippen LogP contribution in [0.5, 0.6) is 0 Å². The van der Waals surface area contributed by atoms with E-state index in [-0.39, 0.29) is 41.3 Å². The van der Waals surface area contributed by atoms with Crippen molar-refractivity contribution in [3.05, 3.63) is 30.1 Å². The first-order chi connectivity index (χ1) is 11.0. The van der Waals surface area contributed by atoms with Crippen LogP contribution in [0, 0.1) is 5.82 Å². The molecule has 0 aliphatic rings. The lowest BCUT2D eigenvalue weighted by Gasteiger charge is -2.11. The molecule has 1 rings (SSSR count). The molecular weight excluding hydrogens is 464 g/mol. The second-order valence-electron chi connectivity index (χ2n) is 4.82. The minimum Gasteiger partial charge on any atom is -0.356 e. The van der Waals surface area contributed by atoms with Gasteiger partial charge in [0.25, 0.3) is 0 Å². The van der Waals surface area contributed by atoms with Crippen molar-refractivity contribution in [1.29, 1.82) is 0 Å². The second-order valence-corrected chi connectivity index (χ2v) is 8.46. The largest absolute Gasteiger partial charge is 0.356 e. The number of guanidine groups is 1. The van der Waals surface area contributed by atoms with Crippen LogP contribution in [-0.2, 0) is 9.84 Å². The lowest BCUT2D eigenvalue weighted by atomic mass is 10.4. The first-order valence-electron chi connectivity index (χ1n) is 7.50. The zero-order valence-corrected chi connectivity index (χ0v) is 17.9. The van der Waals surface area contributed by atoms with Gasteiger partial charge in [0, 0.05) is 30.8 Å². The molecule has 138 valence electrons. The summed E-state index contributed by atoms with van der Waals surface area (Å²) in [5.74, 6) is 1.53. The second kappa shape index (κ2) is 12.8. The van der Waals surface area contributed by atoms with Crippen LogP contribution in [0.25, 0.3) is 0 Å². The Morgan fingerprint density at radius 3 is 2.42 bits per heavy atom. The Labute approximate surface area is 165 Å². The van der Waals surface area contributed by atoms with Crippen molar-refractivity contribution in [3.8, 4) is 0 Å². The number of rotatable bonds is 9. The molecule has 0 saturated carbocycles. The van der Waals surface area contributed by atoms with Gasteiger partial charge < -0.3 is 10.6 Å².